The van der Waals surface area contributed by atoms with Crippen LogP contribution in [-0.2, 0) is 4.79 Å². The molecule has 33 heavy (non-hydrogen) atoms. The number of nitrogens with one attached hydrogen (secondary N) is 2. The van der Waals surface area contributed by atoms with Gasteiger partial charge in [0.05, 0.1) is 23.0 Å². The molecule has 2 aliphatic rings. The third kappa shape index (κ3) is 3.71. The molecule has 1 saturated carbocycles. The number of hydrogen-bond donors (Lipinski definition) is 2. The minimum Gasteiger partial charge on any atom is -0.360 e. The SMILES string of the molecule is CCC(=O)c1cnc(NC(=O)C2CC2)cc1Nc1nccc2c1N(C)C(C)c1nc(C)nn1-2. The zero-order chi connectivity index (χ0) is 23.3. The van der Waals surface area contributed by atoms with Gasteiger partial charge >= 0.3 is 0 Å². The van der Waals surface area contributed by atoms with Gasteiger partial charge < -0.3 is 15.5 Å². The molecule has 1 fully saturated rings. The highest BCUT2D eigenvalue weighted by Crippen LogP contribution is 2.41. The van der Waals surface area contributed by atoms with Crippen LogP contribution >= 0.6 is 0 Å². The molecule has 10 heteroatoms. The highest BCUT2D eigenvalue weighted by atomic mass is 16.2. The van der Waals surface area contributed by atoms with Crippen molar-refractivity contribution in [1.82, 2.24) is 24.7 Å². The first-order valence-electron chi connectivity index (χ1n) is 11.1. The van der Waals surface area contributed by atoms with Gasteiger partial charge in [0.1, 0.15) is 17.3 Å². The summed E-state index contributed by atoms with van der Waals surface area (Å²) < 4.78 is 1.84. The summed E-state index contributed by atoms with van der Waals surface area (Å²) in [6.45, 7) is 5.74. The molecule has 170 valence electrons. The highest BCUT2D eigenvalue weighted by Gasteiger charge is 2.32. The first kappa shape index (κ1) is 21.0. The number of fused-ring (bicyclic) bond motifs is 3. The van der Waals surface area contributed by atoms with E-state index in [2.05, 4.69) is 42.5 Å². The summed E-state index contributed by atoms with van der Waals surface area (Å²) in [5.74, 6) is 2.50. The lowest BCUT2D eigenvalue weighted by atomic mass is 10.1. The van der Waals surface area contributed by atoms with E-state index in [0.29, 0.717) is 35.1 Å². The molecule has 4 heterocycles. The van der Waals surface area contributed by atoms with Crippen molar-refractivity contribution in [2.24, 2.45) is 5.92 Å². The first-order valence-corrected chi connectivity index (χ1v) is 11.1. The molecule has 1 atom stereocenters. The van der Waals surface area contributed by atoms with E-state index in [1.54, 1.807) is 12.3 Å². The molecule has 2 N–H and O–H groups in total. The minimum absolute atomic E-state index is 0.0222. The summed E-state index contributed by atoms with van der Waals surface area (Å²) in [5.41, 5.74) is 2.69. The van der Waals surface area contributed by atoms with Crippen LogP contribution in [0.1, 0.15) is 61.2 Å². The molecule has 10 nitrogen and oxygen atoms in total. The van der Waals surface area contributed by atoms with Crippen LogP contribution in [-0.4, -0.2) is 43.5 Å². The van der Waals surface area contributed by atoms with Gasteiger partial charge in [0.25, 0.3) is 0 Å². The number of aromatic nitrogens is 5. The van der Waals surface area contributed by atoms with Crippen LogP contribution in [0.4, 0.5) is 23.0 Å². The number of ketones is 1. The van der Waals surface area contributed by atoms with Gasteiger partial charge in [0.2, 0.25) is 5.91 Å². The molecule has 0 bridgehead atoms. The summed E-state index contributed by atoms with van der Waals surface area (Å²) in [5, 5.41) is 10.8. The molecular formula is C23H26N8O2. The van der Waals surface area contributed by atoms with Crippen LogP contribution in [0.5, 0.6) is 0 Å². The summed E-state index contributed by atoms with van der Waals surface area (Å²) in [4.78, 5) is 40.4. The predicted octanol–water partition coefficient (Wildman–Crippen LogP) is 3.56. The smallest absolute Gasteiger partial charge is 0.228 e. The molecular weight excluding hydrogens is 420 g/mol. The number of anilines is 4. The number of rotatable bonds is 6. The average Bonchev–Trinajstić information content (AvgIpc) is 3.58. The van der Waals surface area contributed by atoms with Crippen molar-refractivity contribution in [3.05, 3.63) is 41.7 Å². The van der Waals surface area contributed by atoms with Crippen LogP contribution in [0.15, 0.2) is 24.5 Å². The number of nitrogens with zero attached hydrogens (tertiary/aromatic N) is 6. The molecule has 0 aromatic carbocycles. The Bertz CT molecular complexity index is 1260. The molecule has 0 spiro atoms. The lowest BCUT2D eigenvalue weighted by Gasteiger charge is -2.34. The Kier molecular flexibility index (Phi) is 5.07. The fourth-order valence-electron chi connectivity index (χ4n) is 4.04. The Hall–Kier alpha value is -3.82. The summed E-state index contributed by atoms with van der Waals surface area (Å²) in [7, 11) is 1.98. The summed E-state index contributed by atoms with van der Waals surface area (Å²) in [6, 6.07) is 3.57. The van der Waals surface area contributed by atoms with Gasteiger partial charge in [-0.3, -0.25) is 9.59 Å². The number of hydrogen-bond acceptors (Lipinski definition) is 8. The van der Waals surface area contributed by atoms with E-state index in [9.17, 15) is 9.59 Å². The van der Waals surface area contributed by atoms with Gasteiger partial charge in [0.15, 0.2) is 17.4 Å². The second kappa shape index (κ2) is 7.95. The number of aryl methyl sites for hydroxylation is 1. The van der Waals surface area contributed by atoms with Crippen molar-refractivity contribution in [3.8, 4) is 5.69 Å². The van der Waals surface area contributed by atoms with Crippen LogP contribution in [0.2, 0.25) is 0 Å². The lowest BCUT2D eigenvalue weighted by Crippen LogP contribution is -2.31. The van der Waals surface area contributed by atoms with E-state index in [4.69, 9.17) is 0 Å². The normalized spacial score (nSPS) is 16.7. The van der Waals surface area contributed by atoms with Crippen LogP contribution in [0, 0.1) is 12.8 Å². The lowest BCUT2D eigenvalue weighted by molar-refractivity contribution is -0.117. The monoisotopic (exact) mass is 446 g/mol. The molecule has 1 amide bonds. The molecule has 0 saturated heterocycles. The van der Waals surface area contributed by atoms with Crippen molar-refractivity contribution < 1.29 is 9.59 Å². The maximum absolute atomic E-state index is 12.6. The van der Waals surface area contributed by atoms with Crippen LogP contribution < -0.4 is 15.5 Å². The van der Waals surface area contributed by atoms with Crippen molar-refractivity contribution in [1.29, 1.82) is 0 Å². The fourth-order valence-corrected chi connectivity index (χ4v) is 4.04. The summed E-state index contributed by atoms with van der Waals surface area (Å²) >= 11 is 0. The number of amides is 1. The van der Waals surface area contributed by atoms with Crippen molar-refractivity contribution in [2.45, 2.75) is 46.1 Å². The molecule has 1 aliphatic heterocycles. The third-order valence-corrected chi connectivity index (χ3v) is 6.15. The van der Waals surface area contributed by atoms with Crippen LogP contribution in [0.3, 0.4) is 0 Å². The largest absolute Gasteiger partial charge is 0.360 e. The molecule has 1 unspecified atom stereocenters. The Labute approximate surface area is 191 Å². The quantitative estimate of drug-likeness (QED) is 0.552. The van der Waals surface area contributed by atoms with Gasteiger partial charge in [-0.2, -0.15) is 5.10 Å². The number of Topliss-reactive ketones (excluding diaryl/α,β-unsaturated/α-hetero) is 1. The number of carbonyl (C=O) groups is 2. The first-order chi connectivity index (χ1) is 15.9. The Morgan fingerprint density at radius 3 is 2.76 bits per heavy atom. The molecule has 0 radical (unpaired) electrons. The molecule has 3 aromatic rings. The minimum atomic E-state index is -0.0502. The maximum atomic E-state index is 12.6. The zero-order valence-electron chi connectivity index (χ0n) is 19.1. The van der Waals surface area contributed by atoms with E-state index in [1.165, 1.54) is 6.20 Å². The second-order valence-electron chi connectivity index (χ2n) is 8.52. The van der Waals surface area contributed by atoms with E-state index in [-0.39, 0.29) is 23.7 Å². The number of pyridine rings is 2. The van der Waals surface area contributed by atoms with E-state index in [0.717, 1.165) is 30.0 Å². The molecule has 1 aliphatic carbocycles. The molecule has 5 rings (SSSR count). The third-order valence-electron chi connectivity index (χ3n) is 6.15. The summed E-state index contributed by atoms with van der Waals surface area (Å²) in [6.07, 6.45) is 5.35. The van der Waals surface area contributed by atoms with Crippen LogP contribution in [0.25, 0.3) is 5.69 Å². The standard InChI is InChI=1S/C23H26N8O2/c1-5-18(32)15-11-25-19(28-23(33)14-6-7-14)10-16(15)27-21-20-17(8-9-24-21)31-22(12(2)30(20)4)26-13(3)29-31/h8-12,14H,5-7H2,1-4H3,(H2,24,25,27,28,33). The van der Waals surface area contributed by atoms with Gasteiger partial charge in [0, 0.05) is 37.8 Å². The van der Waals surface area contributed by atoms with Crippen molar-refractivity contribution in [3.63, 3.8) is 0 Å². The maximum Gasteiger partial charge on any atom is 0.228 e. The fraction of sp³-hybridized carbons (Fsp3) is 0.391. The van der Waals surface area contributed by atoms with Crippen molar-refractivity contribution in [2.75, 3.05) is 22.6 Å². The Morgan fingerprint density at radius 1 is 1.24 bits per heavy atom. The van der Waals surface area contributed by atoms with Gasteiger partial charge in [-0.05, 0) is 32.8 Å². The highest BCUT2D eigenvalue weighted by molar-refractivity contribution is 6.03. The van der Waals surface area contributed by atoms with Crippen molar-refractivity contribution >= 4 is 34.7 Å². The Balaban J connectivity index is 1.57. The van der Waals surface area contributed by atoms with E-state index >= 15 is 0 Å². The van der Waals surface area contributed by atoms with Gasteiger partial charge in [-0.25, -0.2) is 19.6 Å². The average molecular weight is 447 g/mol. The second-order valence-corrected chi connectivity index (χ2v) is 8.52. The van der Waals surface area contributed by atoms with Gasteiger partial charge in [-0.1, -0.05) is 6.92 Å². The topological polar surface area (TPSA) is 118 Å². The molecule has 3 aromatic heterocycles. The zero-order valence-corrected chi connectivity index (χ0v) is 19.1. The predicted molar refractivity (Wildman–Crippen MR) is 124 cm³/mol. The Morgan fingerprint density at radius 2 is 2.03 bits per heavy atom. The number of carbonyl (C=O) groups excluding carboxylic acids is 2. The van der Waals surface area contributed by atoms with Gasteiger partial charge in [-0.15, -0.1) is 0 Å². The van der Waals surface area contributed by atoms with E-state index in [1.807, 2.05) is 31.6 Å². The van der Waals surface area contributed by atoms with E-state index < -0.39 is 0 Å².